The molecule has 0 radical (unpaired) electrons. The van der Waals surface area contributed by atoms with E-state index >= 15 is 0 Å². The molecule has 29 heavy (non-hydrogen) atoms. The van der Waals surface area contributed by atoms with Crippen LogP contribution in [-0.2, 0) is 16.1 Å². The Labute approximate surface area is 172 Å². The Balaban J connectivity index is 1.55. The van der Waals surface area contributed by atoms with Crippen LogP contribution in [0.1, 0.15) is 56.8 Å². The van der Waals surface area contributed by atoms with Gasteiger partial charge in [-0.25, -0.2) is 0 Å². The monoisotopic (exact) mass is 397 g/mol. The first-order valence-corrected chi connectivity index (χ1v) is 10.8. The zero-order valence-corrected chi connectivity index (χ0v) is 17.4. The van der Waals surface area contributed by atoms with Crippen molar-refractivity contribution in [1.29, 1.82) is 0 Å². The standard InChI is InChI=1S/C23H31N3O3/c1-17(2)14-25(23(28)18-6-3-4-7-18)15-21(27)26-12-11-24-10-5-8-20(24)22(26)19-9-13-29-16-19/h5,8-10,13,16-18,22H,3-4,6-7,11-12,14-15H2,1-2H3/t22-/m0/s1. The van der Waals surface area contributed by atoms with Crippen molar-refractivity contribution >= 4 is 11.8 Å². The topological polar surface area (TPSA) is 58.7 Å². The highest BCUT2D eigenvalue weighted by Crippen LogP contribution is 2.33. The fourth-order valence-corrected chi connectivity index (χ4v) is 4.79. The Morgan fingerprint density at radius 3 is 2.69 bits per heavy atom. The van der Waals surface area contributed by atoms with E-state index in [0.717, 1.165) is 43.5 Å². The maximum absolute atomic E-state index is 13.4. The first kappa shape index (κ1) is 19.8. The fourth-order valence-electron chi connectivity index (χ4n) is 4.79. The average Bonchev–Trinajstić information content (AvgIpc) is 3.47. The van der Waals surface area contributed by atoms with Gasteiger partial charge in [-0.15, -0.1) is 0 Å². The molecule has 1 aliphatic carbocycles. The van der Waals surface area contributed by atoms with Crippen LogP contribution in [0.25, 0.3) is 0 Å². The minimum Gasteiger partial charge on any atom is -0.472 e. The van der Waals surface area contributed by atoms with Crippen molar-refractivity contribution in [2.75, 3.05) is 19.6 Å². The fraction of sp³-hybridized carbons (Fsp3) is 0.565. The van der Waals surface area contributed by atoms with E-state index in [4.69, 9.17) is 4.42 Å². The molecule has 1 aliphatic heterocycles. The third kappa shape index (κ3) is 4.11. The van der Waals surface area contributed by atoms with Gasteiger partial charge in [-0.2, -0.15) is 0 Å². The van der Waals surface area contributed by atoms with E-state index in [1.165, 1.54) is 0 Å². The molecule has 6 heteroatoms. The molecule has 1 fully saturated rings. The average molecular weight is 398 g/mol. The van der Waals surface area contributed by atoms with Crippen LogP contribution in [0.15, 0.2) is 41.3 Å². The second-order valence-electron chi connectivity index (χ2n) is 8.77. The van der Waals surface area contributed by atoms with E-state index in [9.17, 15) is 9.59 Å². The zero-order chi connectivity index (χ0) is 20.4. The van der Waals surface area contributed by atoms with Gasteiger partial charge in [0.1, 0.15) is 6.04 Å². The van der Waals surface area contributed by atoms with Crippen molar-refractivity contribution in [3.8, 4) is 0 Å². The van der Waals surface area contributed by atoms with E-state index in [-0.39, 0.29) is 30.3 Å². The second-order valence-corrected chi connectivity index (χ2v) is 8.77. The molecule has 0 aromatic carbocycles. The lowest BCUT2D eigenvalue weighted by Crippen LogP contribution is -2.49. The summed E-state index contributed by atoms with van der Waals surface area (Å²) in [6, 6.07) is 5.83. The van der Waals surface area contributed by atoms with Crippen LogP contribution >= 0.6 is 0 Å². The van der Waals surface area contributed by atoms with Crippen LogP contribution in [0.4, 0.5) is 0 Å². The number of hydrogen-bond acceptors (Lipinski definition) is 3. The summed E-state index contributed by atoms with van der Waals surface area (Å²) in [6.07, 6.45) is 9.56. The highest BCUT2D eigenvalue weighted by Gasteiger charge is 2.35. The molecule has 0 spiro atoms. The van der Waals surface area contributed by atoms with E-state index in [1.54, 1.807) is 12.5 Å². The molecule has 1 saturated carbocycles. The number of amides is 2. The van der Waals surface area contributed by atoms with Crippen LogP contribution in [0.2, 0.25) is 0 Å². The molecule has 0 unspecified atom stereocenters. The summed E-state index contributed by atoms with van der Waals surface area (Å²) < 4.78 is 7.51. The number of hydrogen-bond donors (Lipinski definition) is 0. The Morgan fingerprint density at radius 2 is 2.00 bits per heavy atom. The number of carbonyl (C=O) groups is 2. The minimum atomic E-state index is -0.174. The van der Waals surface area contributed by atoms with Crippen molar-refractivity contribution < 1.29 is 14.0 Å². The number of aromatic nitrogens is 1. The van der Waals surface area contributed by atoms with Gasteiger partial charge in [0.25, 0.3) is 0 Å². The van der Waals surface area contributed by atoms with Gasteiger partial charge in [0.15, 0.2) is 0 Å². The molecule has 0 saturated heterocycles. The minimum absolute atomic E-state index is 0.00986. The normalized spacial score (nSPS) is 19.6. The van der Waals surface area contributed by atoms with Gasteiger partial charge in [-0.1, -0.05) is 26.7 Å². The maximum Gasteiger partial charge on any atom is 0.243 e. The Bertz CT molecular complexity index is 833. The van der Waals surface area contributed by atoms with E-state index < -0.39 is 0 Å². The second kappa shape index (κ2) is 8.47. The maximum atomic E-state index is 13.4. The van der Waals surface area contributed by atoms with Crippen LogP contribution < -0.4 is 0 Å². The summed E-state index contributed by atoms with van der Waals surface area (Å²) >= 11 is 0. The number of fused-ring (bicyclic) bond motifs is 1. The molecular weight excluding hydrogens is 366 g/mol. The lowest BCUT2D eigenvalue weighted by atomic mass is 10.0. The van der Waals surface area contributed by atoms with Crippen LogP contribution in [0, 0.1) is 11.8 Å². The third-order valence-corrected chi connectivity index (χ3v) is 6.15. The summed E-state index contributed by atoms with van der Waals surface area (Å²) in [5, 5.41) is 0. The number of nitrogens with zero attached hydrogens (tertiary/aromatic N) is 3. The summed E-state index contributed by atoms with van der Waals surface area (Å²) in [5.41, 5.74) is 2.05. The lowest BCUT2D eigenvalue weighted by molar-refractivity contribution is -0.144. The van der Waals surface area contributed by atoms with Gasteiger partial charge in [-0.05, 0) is 37.0 Å². The summed E-state index contributed by atoms with van der Waals surface area (Å²) in [6.45, 7) is 6.37. The summed E-state index contributed by atoms with van der Waals surface area (Å²) in [7, 11) is 0. The van der Waals surface area contributed by atoms with Crippen molar-refractivity contribution in [2.45, 2.75) is 52.1 Å². The van der Waals surface area contributed by atoms with E-state index in [2.05, 4.69) is 30.7 Å². The highest BCUT2D eigenvalue weighted by atomic mass is 16.3. The van der Waals surface area contributed by atoms with Crippen LogP contribution in [0.3, 0.4) is 0 Å². The van der Waals surface area contributed by atoms with Gasteiger partial charge in [0.05, 0.1) is 19.1 Å². The van der Waals surface area contributed by atoms with Gasteiger partial charge < -0.3 is 18.8 Å². The largest absolute Gasteiger partial charge is 0.472 e. The predicted molar refractivity (Wildman–Crippen MR) is 110 cm³/mol. The Hall–Kier alpha value is -2.50. The highest BCUT2D eigenvalue weighted by molar-refractivity contribution is 5.86. The first-order valence-electron chi connectivity index (χ1n) is 10.8. The molecule has 0 bridgehead atoms. The number of furan rings is 1. The predicted octanol–water partition coefficient (Wildman–Crippen LogP) is 3.69. The summed E-state index contributed by atoms with van der Waals surface area (Å²) in [5.74, 6) is 0.585. The summed E-state index contributed by atoms with van der Waals surface area (Å²) in [4.78, 5) is 30.3. The smallest absolute Gasteiger partial charge is 0.243 e. The van der Waals surface area contributed by atoms with Gasteiger partial charge in [-0.3, -0.25) is 9.59 Å². The van der Waals surface area contributed by atoms with Crippen molar-refractivity contribution in [2.24, 2.45) is 11.8 Å². The molecule has 156 valence electrons. The molecule has 3 heterocycles. The van der Waals surface area contributed by atoms with Crippen molar-refractivity contribution in [3.05, 3.63) is 48.2 Å². The first-order chi connectivity index (χ1) is 14.0. The molecule has 4 rings (SSSR count). The number of carbonyl (C=O) groups excluding carboxylic acids is 2. The Morgan fingerprint density at radius 1 is 1.21 bits per heavy atom. The quantitative estimate of drug-likeness (QED) is 0.747. The molecular formula is C23H31N3O3. The SMILES string of the molecule is CC(C)CN(CC(=O)N1CCn2cccc2[C@@H]1c1ccoc1)C(=O)C1CCCC1. The van der Waals surface area contributed by atoms with Crippen LogP contribution in [-0.4, -0.2) is 45.8 Å². The van der Waals surface area contributed by atoms with Crippen LogP contribution in [0.5, 0.6) is 0 Å². The van der Waals surface area contributed by atoms with Crippen molar-refractivity contribution in [3.63, 3.8) is 0 Å². The number of rotatable bonds is 6. The molecule has 2 aliphatic rings. The molecule has 1 atom stereocenters. The molecule has 0 N–H and O–H groups in total. The molecule has 6 nitrogen and oxygen atoms in total. The lowest BCUT2D eigenvalue weighted by Gasteiger charge is -2.38. The van der Waals surface area contributed by atoms with Gasteiger partial charge >= 0.3 is 0 Å². The van der Waals surface area contributed by atoms with E-state index in [0.29, 0.717) is 19.0 Å². The van der Waals surface area contributed by atoms with Gasteiger partial charge in [0, 0.05) is 43.0 Å². The zero-order valence-electron chi connectivity index (χ0n) is 17.4. The molecule has 2 amide bonds. The molecule has 2 aromatic rings. The third-order valence-electron chi connectivity index (χ3n) is 6.15. The van der Waals surface area contributed by atoms with Gasteiger partial charge in [0.2, 0.25) is 11.8 Å². The molecule has 2 aromatic heterocycles. The van der Waals surface area contributed by atoms with Crippen molar-refractivity contribution in [1.82, 2.24) is 14.4 Å². The Kier molecular flexibility index (Phi) is 5.79. The van der Waals surface area contributed by atoms with E-state index in [1.807, 2.05) is 21.9 Å².